The molecule has 0 aliphatic heterocycles. The maximum absolute atomic E-state index is 11.6. The maximum atomic E-state index is 11.6. The number of pyridine rings is 1. The van der Waals surface area contributed by atoms with Crippen molar-refractivity contribution in [1.82, 2.24) is 4.98 Å². The van der Waals surface area contributed by atoms with Crippen LogP contribution in [0.25, 0.3) is 10.9 Å². The van der Waals surface area contributed by atoms with Crippen LogP contribution in [0.5, 0.6) is 11.5 Å². The minimum Gasteiger partial charge on any atom is -0.497 e. The number of hydrogen-bond donors (Lipinski definition) is 0. The molecule has 0 radical (unpaired) electrons. The van der Waals surface area contributed by atoms with Crippen molar-refractivity contribution in [2.24, 2.45) is 0 Å². The van der Waals surface area contributed by atoms with Gasteiger partial charge in [0.1, 0.15) is 18.1 Å². The fraction of sp³-hybridized carbons (Fsp3) is 0.250. The van der Waals surface area contributed by atoms with Crippen molar-refractivity contribution in [1.29, 1.82) is 0 Å². The van der Waals surface area contributed by atoms with E-state index in [1.165, 1.54) is 0 Å². The second kappa shape index (κ2) is 9.18. The Kier molecular flexibility index (Phi) is 6.95. The Morgan fingerprint density at radius 2 is 1.88 bits per heavy atom. The number of aromatic nitrogens is 1. The van der Waals surface area contributed by atoms with Crippen LogP contribution in [0.2, 0.25) is 0 Å². The molecule has 0 amide bonds. The van der Waals surface area contributed by atoms with Gasteiger partial charge in [-0.15, -0.1) is 0 Å². The van der Waals surface area contributed by atoms with E-state index in [4.69, 9.17) is 9.47 Å². The van der Waals surface area contributed by atoms with E-state index in [0.29, 0.717) is 6.61 Å². The van der Waals surface area contributed by atoms with Crippen LogP contribution in [0, 0.1) is 0 Å². The van der Waals surface area contributed by atoms with Gasteiger partial charge in [-0.2, -0.15) is 0 Å². The summed E-state index contributed by atoms with van der Waals surface area (Å²) in [4.78, 5) is 5.14. The van der Waals surface area contributed by atoms with E-state index in [1.807, 2.05) is 62.4 Å². The van der Waals surface area contributed by atoms with Crippen molar-refractivity contribution < 1.29 is 13.7 Å². The molecule has 4 nitrogen and oxygen atoms in total. The number of benzene rings is 2. The molecule has 0 N–H and O–H groups in total. The number of methoxy groups -OCH3 is 1. The van der Waals surface area contributed by atoms with Crippen LogP contribution in [0.15, 0.2) is 59.6 Å². The van der Waals surface area contributed by atoms with Gasteiger partial charge in [-0.05, 0) is 35.9 Å². The highest BCUT2D eigenvalue weighted by Gasteiger charge is 2.06. The predicted molar refractivity (Wildman–Crippen MR) is 103 cm³/mol. The lowest BCUT2D eigenvalue weighted by atomic mass is 10.2. The molecular formula is C20H23NO3S. The molecule has 25 heavy (non-hydrogen) atoms. The lowest BCUT2D eigenvalue weighted by Gasteiger charge is -2.10. The Morgan fingerprint density at radius 1 is 1.08 bits per heavy atom. The zero-order valence-electron chi connectivity index (χ0n) is 15.0. The first-order chi connectivity index (χ1) is 12.2. The Hall–Kier alpha value is -2.40. The SMILES string of the molecule is CC.COc1ccc2c(OCc3cccc(S(C)=O)c3)ccnc2c1. The summed E-state index contributed by atoms with van der Waals surface area (Å²) in [7, 11) is 0.638. The first kappa shape index (κ1) is 18.9. The van der Waals surface area contributed by atoms with E-state index in [9.17, 15) is 4.21 Å². The Morgan fingerprint density at radius 3 is 2.60 bits per heavy atom. The van der Waals surface area contributed by atoms with Crippen molar-refractivity contribution in [2.75, 3.05) is 13.4 Å². The summed E-state index contributed by atoms with van der Waals surface area (Å²) in [6.45, 7) is 4.41. The van der Waals surface area contributed by atoms with Crippen molar-refractivity contribution in [3.05, 3.63) is 60.3 Å². The van der Waals surface area contributed by atoms with Crippen molar-refractivity contribution in [3.63, 3.8) is 0 Å². The van der Waals surface area contributed by atoms with Crippen LogP contribution in [0.3, 0.4) is 0 Å². The Labute approximate surface area is 151 Å². The highest BCUT2D eigenvalue weighted by Crippen LogP contribution is 2.27. The van der Waals surface area contributed by atoms with Crippen molar-refractivity contribution in [3.8, 4) is 11.5 Å². The van der Waals surface area contributed by atoms with Crippen LogP contribution >= 0.6 is 0 Å². The fourth-order valence-electron chi connectivity index (χ4n) is 2.33. The number of fused-ring (bicyclic) bond motifs is 1. The van der Waals surface area contributed by atoms with Gasteiger partial charge >= 0.3 is 0 Å². The second-order valence-electron chi connectivity index (χ2n) is 5.08. The van der Waals surface area contributed by atoms with E-state index < -0.39 is 10.8 Å². The zero-order chi connectivity index (χ0) is 18.2. The largest absolute Gasteiger partial charge is 0.497 e. The van der Waals surface area contributed by atoms with Gasteiger partial charge in [-0.25, -0.2) is 0 Å². The van der Waals surface area contributed by atoms with E-state index in [0.717, 1.165) is 32.9 Å². The molecule has 0 spiro atoms. The summed E-state index contributed by atoms with van der Waals surface area (Å²) < 4.78 is 22.7. The number of hydrogen-bond acceptors (Lipinski definition) is 4. The van der Waals surface area contributed by atoms with E-state index in [1.54, 1.807) is 19.6 Å². The Bertz CT molecular complexity index is 864. The second-order valence-corrected chi connectivity index (χ2v) is 6.46. The lowest BCUT2D eigenvalue weighted by Crippen LogP contribution is -1.98. The van der Waals surface area contributed by atoms with Gasteiger partial charge in [0.25, 0.3) is 0 Å². The summed E-state index contributed by atoms with van der Waals surface area (Å²) in [5, 5.41) is 0.934. The molecule has 1 aromatic heterocycles. The minimum atomic E-state index is -0.993. The summed E-state index contributed by atoms with van der Waals surface area (Å²) in [6, 6.07) is 15.2. The first-order valence-corrected chi connectivity index (χ1v) is 9.71. The van der Waals surface area contributed by atoms with Crippen LogP contribution < -0.4 is 9.47 Å². The van der Waals surface area contributed by atoms with Gasteiger partial charge < -0.3 is 9.47 Å². The summed E-state index contributed by atoms with van der Waals surface area (Å²) in [6.07, 6.45) is 3.39. The van der Waals surface area contributed by atoms with E-state index in [-0.39, 0.29) is 0 Å². The molecule has 1 unspecified atom stereocenters. The molecule has 0 saturated carbocycles. The first-order valence-electron chi connectivity index (χ1n) is 8.15. The molecule has 0 bridgehead atoms. The summed E-state index contributed by atoms with van der Waals surface area (Å²) >= 11 is 0. The van der Waals surface area contributed by atoms with Crippen LogP contribution in [0.4, 0.5) is 0 Å². The van der Waals surface area contributed by atoms with Crippen LogP contribution in [-0.4, -0.2) is 22.6 Å². The fourth-order valence-corrected chi connectivity index (χ4v) is 2.92. The summed E-state index contributed by atoms with van der Waals surface area (Å²) in [5.41, 5.74) is 1.81. The third kappa shape index (κ3) is 4.79. The molecule has 2 aromatic carbocycles. The molecule has 0 fully saturated rings. The van der Waals surface area contributed by atoms with Gasteiger partial charge in [0, 0.05) is 39.6 Å². The molecule has 5 heteroatoms. The molecule has 0 aliphatic carbocycles. The van der Waals surface area contributed by atoms with Gasteiger partial charge in [-0.1, -0.05) is 26.0 Å². The zero-order valence-corrected chi connectivity index (χ0v) is 15.8. The standard InChI is InChI=1S/C18H17NO3S.C2H6/c1-21-14-6-7-16-17(11-14)19-9-8-18(16)22-12-13-4-3-5-15(10-13)23(2)20;1-2/h3-11H,12H2,1-2H3;1-2H3. The maximum Gasteiger partial charge on any atom is 0.130 e. The van der Waals surface area contributed by atoms with Crippen LogP contribution in [0.1, 0.15) is 19.4 Å². The third-order valence-corrected chi connectivity index (χ3v) is 4.45. The molecule has 0 aliphatic rings. The predicted octanol–water partition coefficient (Wildman–Crippen LogP) is 4.59. The number of rotatable bonds is 5. The Balaban J connectivity index is 0.00000109. The van der Waals surface area contributed by atoms with Crippen molar-refractivity contribution >= 4 is 21.7 Å². The van der Waals surface area contributed by atoms with E-state index >= 15 is 0 Å². The highest BCUT2D eigenvalue weighted by molar-refractivity contribution is 7.84. The lowest BCUT2D eigenvalue weighted by molar-refractivity contribution is 0.309. The average molecular weight is 357 g/mol. The van der Waals surface area contributed by atoms with Gasteiger partial charge in [0.05, 0.1) is 12.6 Å². The number of nitrogens with zero attached hydrogens (tertiary/aromatic N) is 1. The van der Waals surface area contributed by atoms with Crippen molar-refractivity contribution in [2.45, 2.75) is 25.3 Å². The minimum absolute atomic E-state index is 0.413. The topological polar surface area (TPSA) is 48.4 Å². The highest BCUT2D eigenvalue weighted by atomic mass is 32.2. The van der Waals surface area contributed by atoms with Gasteiger partial charge in [0.15, 0.2) is 0 Å². The van der Waals surface area contributed by atoms with Crippen LogP contribution in [-0.2, 0) is 17.4 Å². The molecular weight excluding hydrogens is 334 g/mol. The quantitative estimate of drug-likeness (QED) is 0.670. The van der Waals surface area contributed by atoms with Gasteiger partial charge in [0.2, 0.25) is 0 Å². The third-order valence-electron chi connectivity index (χ3n) is 3.53. The molecule has 132 valence electrons. The molecule has 3 rings (SSSR count). The van der Waals surface area contributed by atoms with Gasteiger partial charge in [-0.3, -0.25) is 9.19 Å². The molecule has 1 atom stereocenters. The molecule has 3 aromatic rings. The smallest absolute Gasteiger partial charge is 0.130 e. The van der Waals surface area contributed by atoms with E-state index in [2.05, 4.69) is 4.98 Å². The monoisotopic (exact) mass is 357 g/mol. The summed E-state index contributed by atoms with van der Waals surface area (Å²) in [5.74, 6) is 1.53. The normalized spacial score (nSPS) is 11.4. The average Bonchev–Trinajstić information content (AvgIpc) is 2.67. The molecule has 1 heterocycles. The molecule has 0 saturated heterocycles. The number of ether oxygens (including phenoxy) is 2.